The van der Waals surface area contributed by atoms with Gasteiger partial charge in [-0.1, -0.05) is 26.0 Å². The molecule has 0 saturated carbocycles. The molecule has 8 nitrogen and oxygen atoms in total. The number of benzene rings is 2. The Bertz CT molecular complexity index is 1130. The van der Waals surface area contributed by atoms with Crippen LogP contribution < -0.4 is 14.8 Å². The molecule has 0 fully saturated rings. The van der Waals surface area contributed by atoms with Crippen molar-refractivity contribution in [2.24, 2.45) is 5.92 Å². The third kappa shape index (κ3) is 7.49. The summed E-state index contributed by atoms with van der Waals surface area (Å²) in [6, 6.07) is 14.1. The number of carbonyl (C=O) groups excluding carboxylic acids is 2. The number of methoxy groups -OCH3 is 2. The molecule has 1 heterocycles. The van der Waals surface area contributed by atoms with Crippen LogP contribution in [0.25, 0.3) is 0 Å². The molecule has 3 aromatic rings. The van der Waals surface area contributed by atoms with Crippen LogP contribution in [0.5, 0.6) is 11.5 Å². The molecule has 0 spiro atoms. The van der Waals surface area contributed by atoms with Gasteiger partial charge in [0.05, 0.1) is 32.7 Å². The molecule has 3 rings (SSSR count). The highest BCUT2D eigenvalue weighted by Gasteiger charge is 2.24. The second-order valence-electron chi connectivity index (χ2n) is 8.73. The van der Waals surface area contributed by atoms with Crippen LogP contribution >= 0.6 is 0 Å². The number of halogens is 1. The van der Waals surface area contributed by atoms with E-state index >= 15 is 0 Å². The maximum absolute atomic E-state index is 13.4. The molecule has 0 unspecified atom stereocenters. The van der Waals surface area contributed by atoms with Gasteiger partial charge in [-0.05, 0) is 47.9 Å². The Balaban J connectivity index is 1.78. The van der Waals surface area contributed by atoms with Gasteiger partial charge in [0.25, 0.3) is 0 Å². The number of hydrogen-bond acceptors (Lipinski definition) is 5. The quantitative estimate of drug-likeness (QED) is 0.396. The molecule has 0 radical (unpaired) electrons. The Kier molecular flexibility index (Phi) is 9.32. The van der Waals surface area contributed by atoms with Gasteiger partial charge in [0.2, 0.25) is 5.91 Å². The van der Waals surface area contributed by atoms with Gasteiger partial charge < -0.3 is 29.0 Å². The summed E-state index contributed by atoms with van der Waals surface area (Å²) in [5, 5.41) is 2.84. The molecule has 0 aliphatic carbocycles. The van der Waals surface area contributed by atoms with E-state index in [0.717, 1.165) is 5.56 Å². The lowest BCUT2D eigenvalue weighted by atomic mass is 10.2. The second-order valence-corrected chi connectivity index (χ2v) is 8.73. The summed E-state index contributed by atoms with van der Waals surface area (Å²) >= 11 is 0. The number of urea groups is 1. The Morgan fingerprint density at radius 1 is 1.00 bits per heavy atom. The molecule has 0 atom stereocenters. The minimum absolute atomic E-state index is 0.122. The second kappa shape index (κ2) is 12.6. The highest BCUT2D eigenvalue weighted by atomic mass is 19.1. The SMILES string of the molecule is COc1ccc(NC(=O)N(CC(=O)N(Cc2ccc(F)cc2)Cc2ccco2)CC(C)C)c(OC)c1. The maximum atomic E-state index is 13.4. The summed E-state index contributed by atoms with van der Waals surface area (Å²) in [5.74, 6) is 1.14. The Hall–Kier alpha value is -4.01. The first-order chi connectivity index (χ1) is 17.3. The first kappa shape index (κ1) is 26.6. The smallest absolute Gasteiger partial charge is 0.322 e. The summed E-state index contributed by atoms with van der Waals surface area (Å²) in [7, 11) is 3.05. The van der Waals surface area contributed by atoms with Crippen molar-refractivity contribution in [2.75, 3.05) is 32.6 Å². The standard InChI is InChI=1S/C27H32FN3O5/c1-19(2)15-31(27(33)29-24-12-11-22(34-3)14-25(24)35-4)18-26(32)30(17-23-6-5-13-36-23)16-20-7-9-21(28)10-8-20/h5-14,19H,15-18H2,1-4H3,(H,29,33). The van der Waals surface area contributed by atoms with E-state index in [-0.39, 0.29) is 37.3 Å². The van der Waals surface area contributed by atoms with E-state index in [1.54, 1.807) is 54.5 Å². The van der Waals surface area contributed by atoms with Gasteiger partial charge in [-0.25, -0.2) is 9.18 Å². The number of nitrogens with zero attached hydrogens (tertiary/aromatic N) is 2. The van der Waals surface area contributed by atoms with Crippen molar-refractivity contribution in [3.8, 4) is 11.5 Å². The van der Waals surface area contributed by atoms with Crippen LogP contribution in [0.2, 0.25) is 0 Å². The van der Waals surface area contributed by atoms with Crippen LogP contribution in [0.3, 0.4) is 0 Å². The van der Waals surface area contributed by atoms with E-state index < -0.39 is 6.03 Å². The maximum Gasteiger partial charge on any atom is 0.322 e. The average molecular weight is 498 g/mol. The molecule has 0 aliphatic heterocycles. The van der Waals surface area contributed by atoms with E-state index in [2.05, 4.69) is 5.32 Å². The zero-order valence-corrected chi connectivity index (χ0v) is 21.0. The third-order valence-electron chi connectivity index (χ3n) is 5.42. The van der Waals surface area contributed by atoms with Crippen LogP contribution in [0.15, 0.2) is 65.3 Å². The summed E-state index contributed by atoms with van der Waals surface area (Å²) in [5.41, 5.74) is 1.22. The fourth-order valence-corrected chi connectivity index (χ4v) is 3.65. The molecule has 0 bridgehead atoms. The van der Waals surface area contributed by atoms with Gasteiger partial charge in [0, 0.05) is 19.2 Å². The van der Waals surface area contributed by atoms with Crippen LogP contribution in [0.4, 0.5) is 14.9 Å². The summed E-state index contributed by atoms with van der Waals surface area (Å²) in [6.07, 6.45) is 1.54. The number of ether oxygens (including phenoxy) is 2. The molecule has 1 N–H and O–H groups in total. The highest BCUT2D eigenvalue weighted by molar-refractivity contribution is 5.93. The number of hydrogen-bond donors (Lipinski definition) is 1. The molecule has 1 aromatic heterocycles. The zero-order valence-electron chi connectivity index (χ0n) is 21.0. The fraction of sp³-hybridized carbons (Fsp3) is 0.333. The average Bonchev–Trinajstić information content (AvgIpc) is 3.37. The van der Waals surface area contributed by atoms with Crippen molar-refractivity contribution in [3.63, 3.8) is 0 Å². The van der Waals surface area contributed by atoms with Crippen LogP contribution in [0.1, 0.15) is 25.2 Å². The zero-order chi connectivity index (χ0) is 26.1. The first-order valence-electron chi connectivity index (χ1n) is 11.6. The molecule has 2 aromatic carbocycles. The topological polar surface area (TPSA) is 84.3 Å². The minimum Gasteiger partial charge on any atom is -0.497 e. The molecule has 192 valence electrons. The molecule has 0 aliphatic rings. The summed E-state index contributed by atoms with van der Waals surface area (Å²) < 4.78 is 29.4. The summed E-state index contributed by atoms with van der Waals surface area (Å²) in [6.45, 7) is 4.61. The lowest BCUT2D eigenvalue weighted by Gasteiger charge is -2.29. The summed E-state index contributed by atoms with van der Waals surface area (Å²) in [4.78, 5) is 29.7. The van der Waals surface area contributed by atoms with Crippen molar-refractivity contribution in [2.45, 2.75) is 26.9 Å². The van der Waals surface area contributed by atoms with Crippen molar-refractivity contribution in [1.29, 1.82) is 0 Å². The van der Waals surface area contributed by atoms with Gasteiger partial charge in [0.15, 0.2) is 0 Å². The van der Waals surface area contributed by atoms with E-state index in [9.17, 15) is 14.0 Å². The Morgan fingerprint density at radius 2 is 1.75 bits per heavy atom. The van der Waals surface area contributed by atoms with Crippen LogP contribution in [-0.4, -0.2) is 49.0 Å². The highest BCUT2D eigenvalue weighted by Crippen LogP contribution is 2.29. The van der Waals surface area contributed by atoms with Gasteiger partial charge >= 0.3 is 6.03 Å². The predicted octanol–water partition coefficient (Wildman–Crippen LogP) is 5.15. The van der Waals surface area contributed by atoms with Crippen molar-refractivity contribution >= 4 is 17.6 Å². The number of rotatable bonds is 11. The normalized spacial score (nSPS) is 10.7. The number of carbonyl (C=O) groups is 2. The van der Waals surface area contributed by atoms with Gasteiger partial charge in [-0.3, -0.25) is 4.79 Å². The van der Waals surface area contributed by atoms with E-state index in [0.29, 0.717) is 29.5 Å². The van der Waals surface area contributed by atoms with E-state index in [1.807, 2.05) is 13.8 Å². The third-order valence-corrected chi connectivity index (χ3v) is 5.42. The largest absolute Gasteiger partial charge is 0.497 e. The molecule has 3 amide bonds. The van der Waals surface area contributed by atoms with E-state index in [4.69, 9.17) is 13.9 Å². The number of anilines is 1. The molecule has 36 heavy (non-hydrogen) atoms. The van der Waals surface area contributed by atoms with Crippen LogP contribution in [0, 0.1) is 11.7 Å². The van der Waals surface area contributed by atoms with E-state index in [1.165, 1.54) is 30.4 Å². The van der Waals surface area contributed by atoms with Gasteiger partial charge in [0.1, 0.15) is 29.6 Å². The molecule has 9 heteroatoms. The minimum atomic E-state index is -0.430. The fourth-order valence-electron chi connectivity index (χ4n) is 3.65. The number of amides is 3. The molecular formula is C27H32FN3O5. The van der Waals surface area contributed by atoms with Crippen LogP contribution in [-0.2, 0) is 17.9 Å². The van der Waals surface area contributed by atoms with Crippen molar-refractivity contribution < 1.29 is 27.9 Å². The Labute approximate surface area is 210 Å². The lowest BCUT2D eigenvalue weighted by Crippen LogP contribution is -2.45. The lowest BCUT2D eigenvalue weighted by molar-refractivity contribution is -0.133. The number of furan rings is 1. The predicted molar refractivity (Wildman–Crippen MR) is 134 cm³/mol. The molecule has 0 saturated heterocycles. The molecular weight excluding hydrogens is 465 g/mol. The van der Waals surface area contributed by atoms with Gasteiger partial charge in [-0.15, -0.1) is 0 Å². The van der Waals surface area contributed by atoms with Crippen molar-refractivity contribution in [3.05, 3.63) is 78.0 Å². The first-order valence-corrected chi connectivity index (χ1v) is 11.6. The monoisotopic (exact) mass is 497 g/mol. The number of nitrogens with one attached hydrogen (secondary N) is 1. The Morgan fingerprint density at radius 3 is 2.36 bits per heavy atom. The van der Waals surface area contributed by atoms with Crippen molar-refractivity contribution in [1.82, 2.24) is 9.80 Å². The van der Waals surface area contributed by atoms with Gasteiger partial charge in [-0.2, -0.15) is 0 Å².